The predicted molar refractivity (Wildman–Crippen MR) is 132 cm³/mol. The summed E-state index contributed by atoms with van der Waals surface area (Å²) in [7, 11) is 3.26. The summed E-state index contributed by atoms with van der Waals surface area (Å²) in [6.45, 7) is 4.76. The number of hydrogen-bond acceptors (Lipinski definition) is 7. The molecule has 0 spiro atoms. The fourth-order valence-electron chi connectivity index (χ4n) is 4.15. The van der Waals surface area contributed by atoms with Crippen LogP contribution in [0.4, 0.5) is 11.6 Å². The third-order valence-corrected chi connectivity index (χ3v) is 6.10. The van der Waals surface area contributed by atoms with Gasteiger partial charge in [-0.15, -0.1) is 0 Å². The van der Waals surface area contributed by atoms with Crippen LogP contribution in [-0.2, 0) is 11.2 Å². The molecule has 1 aliphatic heterocycles. The molecule has 4 aromatic rings. The number of fused-ring (bicyclic) bond motifs is 1. The third-order valence-electron chi connectivity index (χ3n) is 6.10. The zero-order valence-corrected chi connectivity index (χ0v) is 19.5. The van der Waals surface area contributed by atoms with Crippen LogP contribution in [0.3, 0.4) is 0 Å². The van der Waals surface area contributed by atoms with Gasteiger partial charge in [0.1, 0.15) is 5.65 Å². The zero-order chi connectivity index (χ0) is 23.3. The second kappa shape index (κ2) is 10.1. The first kappa shape index (κ1) is 22.2. The Morgan fingerprint density at radius 3 is 2.53 bits per heavy atom. The highest BCUT2D eigenvalue weighted by Crippen LogP contribution is 2.32. The number of ether oxygens (including phenoxy) is 3. The van der Waals surface area contributed by atoms with Gasteiger partial charge in [-0.05, 0) is 42.3 Å². The van der Waals surface area contributed by atoms with Crippen LogP contribution in [0.1, 0.15) is 5.56 Å². The molecule has 0 unspecified atom stereocenters. The minimum Gasteiger partial charge on any atom is -0.493 e. The van der Waals surface area contributed by atoms with Crippen LogP contribution in [0.25, 0.3) is 16.9 Å². The number of aromatic nitrogens is 3. The molecule has 3 heterocycles. The van der Waals surface area contributed by atoms with Gasteiger partial charge in [-0.3, -0.25) is 9.30 Å². The number of imidazole rings is 1. The highest BCUT2D eigenvalue weighted by molar-refractivity contribution is 5.70. The monoisotopic (exact) mass is 459 g/mol. The van der Waals surface area contributed by atoms with Crippen molar-refractivity contribution in [1.29, 1.82) is 0 Å². The molecule has 5 rings (SSSR count). The average Bonchev–Trinajstić information content (AvgIpc) is 3.37. The molecule has 0 saturated carbocycles. The Morgan fingerprint density at radius 2 is 1.76 bits per heavy atom. The van der Waals surface area contributed by atoms with Crippen molar-refractivity contribution in [2.75, 3.05) is 52.4 Å². The van der Waals surface area contributed by atoms with Crippen LogP contribution < -0.4 is 14.8 Å². The van der Waals surface area contributed by atoms with Crippen LogP contribution in [0.15, 0.2) is 60.9 Å². The minimum atomic E-state index is 0.659. The van der Waals surface area contributed by atoms with Crippen molar-refractivity contribution < 1.29 is 14.2 Å². The normalized spacial score (nSPS) is 14.3. The largest absolute Gasteiger partial charge is 0.493 e. The number of hydrogen-bond donors (Lipinski definition) is 1. The van der Waals surface area contributed by atoms with Crippen molar-refractivity contribution >= 4 is 17.3 Å². The van der Waals surface area contributed by atoms with E-state index in [4.69, 9.17) is 19.2 Å². The van der Waals surface area contributed by atoms with Crippen molar-refractivity contribution in [3.8, 4) is 22.8 Å². The van der Waals surface area contributed by atoms with Gasteiger partial charge in [0.05, 0.1) is 33.1 Å². The summed E-state index contributed by atoms with van der Waals surface area (Å²) >= 11 is 0. The van der Waals surface area contributed by atoms with Gasteiger partial charge in [-0.2, -0.15) is 0 Å². The fourth-order valence-corrected chi connectivity index (χ4v) is 4.15. The second-order valence-electron chi connectivity index (χ2n) is 8.22. The summed E-state index contributed by atoms with van der Waals surface area (Å²) in [5.41, 5.74) is 4.82. The summed E-state index contributed by atoms with van der Waals surface area (Å²) in [4.78, 5) is 11.8. The number of methoxy groups -OCH3 is 2. The molecule has 0 bridgehead atoms. The van der Waals surface area contributed by atoms with Gasteiger partial charge >= 0.3 is 0 Å². The summed E-state index contributed by atoms with van der Waals surface area (Å²) < 4.78 is 18.2. The molecule has 0 radical (unpaired) electrons. The lowest BCUT2D eigenvalue weighted by molar-refractivity contribution is 0.0384. The van der Waals surface area contributed by atoms with Crippen LogP contribution in [-0.4, -0.2) is 66.3 Å². The first-order valence-electron chi connectivity index (χ1n) is 11.5. The van der Waals surface area contributed by atoms with E-state index in [-0.39, 0.29) is 0 Å². The van der Waals surface area contributed by atoms with Crippen LogP contribution in [0.2, 0.25) is 0 Å². The Bertz CT molecular complexity index is 1250. The standard InChI is InChI=1S/C26H29N5O3/c1-32-23-8-5-20(17-24(23)33-2)22-18-25-27-10-12-31(25)26(29-22)28-21-6-3-19(4-7-21)9-11-30-13-15-34-16-14-30/h3-8,10,12,17-18H,9,11,13-16H2,1-2H3,(H,28,29). The number of benzene rings is 2. The quantitative estimate of drug-likeness (QED) is 0.426. The Morgan fingerprint density at radius 1 is 0.971 bits per heavy atom. The molecular formula is C26H29N5O3. The molecular weight excluding hydrogens is 430 g/mol. The lowest BCUT2D eigenvalue weighted by Gasteiger charge is -2.26. The SMILES string of the molecule is COc1ccc(-c2cc3nccn3c(Nc3ccc(CCN4CCOCC4)cc3)n2)cc1OC. The smallest absolute Gasteiger partial charge is 0.213 e. The zero-order valence-electron chi connectivity index (χ0n) is 19.5. The van der Waals surface area contributed by atoms with E-state index in [0.29, 0.717) is 17.4 Å². The van der Waals surface area contributed by atoms with Crippen molar-refractivity contribution in [2.45, 2.75) is 6.42 Å². The molecule has 0 atom stereocenters. The lowest BCUT2D eigenvalue weighted by Crippen LogP contribution is -2.37. The number of nitrogens with zero attached hydrogens (tertiary/aromatic N) is 4. The number of morpholine rings is 1. The van der Waals surface area contributed by atoms with Crippen LogP contribution in [0, 0.1) is 0 Å². The van der Waals surface area contributed by atoms with Gasteiger partial charge in [-0.1, -0.05) is 12.1 Å². The van der Waals surface area contributed by atoms with Crippen molar-refractivity contribution in [3.05, 3.63) is 66.5 Å². The average molecular weight is 460 g/mol. The Hall–Kier alpha value is -3.62. The van der Waals surface area contributed by atoms with Gasteiger partial charge in [0.2, 0.25) is 5.95 Å². The predicted octanol–water partition coefficient (Wildman–Crippen LogP) is 4.03. The molecule has 1 saturated heterocycles. The molecule has 176 valence electrons. The summed E-state index contributed by atoms with van der Waals surface area (Å²) in [5, 5.41) is 3.46. The van der Waals surface area contributed by atoms with E-state index in [9.17, 15) is 0 Å². The fraction of sp³-hybridized carbons (Fsp3) is 0.308. The molecule has 1 N–H and O–H groups in total. The molecule has 0 amide bonds. The summed E-state index contributed by atoms with van der Waals surface area (Å²) in [5.74, 6) is 2.04. The summed E-state index contributed by atoms with van der Waals surface area (Å²) in [6.07, 6.45) is 4.70. The van der Waals surface area contributed by atoms with E-state index in [1.165, 1.54) is 5.56 Å². The van der Waals surface area contributed by atoms with E-state index in [1.54, 1.807) is 20.4 Å². The molecule has 8 heteroatoms. The van der Waals surface area contributed by atoms with E-state index >= 15 is 0 Å². The second-order valence-corrected chi connectivity index (χ2v) is 8.22. The number of nitrogens with one attached hydrogen (secondary N) is 1. The summed E-state index contributed by atoms with van der Waals surface area (Å²) in [6, 6.07) is 16.3. The van der Waals surface area contributed by atoms with Gasteiger partial charge in [0, 0.05) is 49.3 Å². The maximum atomic E-state index is 5.47. The molecule has 1 aliphatic rings. The Kier molecular flexibility index (Phi) is 6.60. The maximum absolute atomic E-state index is 5.47. The number of anilines is 2. The maximum Gasteiger partial charge on any atom is 0.213 e. The van der Waals surface area contributed by atoms with Crippen molar-refractivity contribution in [2.24, 2.45) is 0 Å². The van der Waals surface area contributed by atoms with E-state index in [2.05, 4.69) is 39.5 Å². The third kappa shape index (κ3) is 4.83. The van der Waals surface area contributed by atoms with Crippen LogP contribution in [0.5, 0.6) is 11.5 Å². The highest BCUT2D eigenvalue weighted by Gasteiger charge is 2.13. The van der Waals surface area contributed by atoms with Crippen molar-refractivity contribution in [1.82, 2.24) is 19.3 Å². The molecule has 8 nitrogen and oxygen atoms in total. The Labute approximate surface area is 199 Å². The highest BCUT2D eigenvalue weighted by atomic mass is 16.5. The first-order valence-corrected chi connectivity index (χ1v) is 11.5. The lowest BCUT2D eigenvalue weighted by atomic mass is 10.1. The first-order chi connectivity index (χ1) is 16.7. The van der Waals surface area contributed by atoms with Gasteiger partial charge in [0.25, 0.3) is 0 Å². The minimum absolute atomic E-state index is 0.659. The molecule has 2 aromatic carbocycles. The Balaban J connectivity index is 1.36. The van der Waals surface area contributed by atoms with E-state index in [1.807, 2.05) is 34.9 Å². The molecule has 1 fully saturated rings. The molecule has 34 heavy (non-hydrogen) atoms. The number of rotatable bonds is 8. The topological polar surface area (TPSA) is 73.2 Å². The van der Waals surface area contributed by atoms with Gasteiger partial charge in [-0.25, -0.2) is 9.97 Å². The van der Waals surface area contributed by atoms with Gasteiger partial charge in [0.15, 0.2) is 11.5 Å². The van der Waals surface area contributed by atoms with Crippen LogP contribution >= 0.6 is 0 Å². The molecule has 0 aliphatic carbocycles. The van der Waals surface area contributed by atoms with Crippen molar-refractivity contribution in [3.63, 3.8) is 0 Å². The molecule has 2 aromatic heterocycles. The van der Waals surface area contributed by atoms with E-state index in [0.717, 1.165) is 61.9 Å². The van der Waals surface area contributed by atoms with Gasteiger partial charge < -0.3 is 19.5 Å². The van der Waals surface area contributed by atoms with E-state index < -0.39 is 0 Å².